The van der Waals surface area contributed by atoms with Crippen molar-refractivity contribution in [3.8, 4) is 0 Å². The Hall–Kier alpha value is -1.92. The van der Waals surface area contributed by atoms with Crippen LogP contribution < -0.4 is 0 Å². The second-order valence-electron chi connectivity index (χ2n) is 6.86. The second kappa shape index (κ2) is 7.54. The standard InChI is InChI=1S/C19H25NO5/c1-24-16-11-15(12-17(21)22)20(13-16)18(23)19(7-9-25-10-8-19)14-5-3-2-4-6-14/h2-6,15-16H,7-13H2,1H3,(H,21,22). The Morgan fingerprint density at radius 3 is 2.56 bits per heavy atom. The van der Waals surface area contributed by atoms with E-state index in [1.165, 1.54) is 0 Å². The minimum atomic E-state index is -0.889. The molecule has 2 aliphatic rings. The van der Waals surface area contributed by atoms with E-state index in [0.29, 0.717) is 39.0 Å². The van der Waals surface area contributed by atoms with Crippen LogP contribution in [0.25, 0.3) is 0 Å². The number of amides is 1. The van der Waals surface area contributed by atoms with Crippen molar-refractivity contribution in [2.45, 2.75) is 43.2 Å². The van der Waals surface area contributed by atoms with Crippen molar-refractivity contribution in [1.82, 2.24) is 4.90 Å². The van der Waals surface area contributed by atoms with Gasteiger partial charge in [-0.2, -0.15) is 0 Å². The number of rotatable bonds is 5. The van der Waals surface area contributed by atoms with Crippen LogP contribution in [0.15, 0.2) is 30.3 Å². The maximum atomic E-state index is 13.6. The maximum Gasteiger partial charge on any atom is 0.305 e. The number of hydrogen-bond acceptors (Lipinski definition) is 4. The number of benzene rings is 1. The highest BCUT2D eigenvalue weighted by Crippen LogP contribution is 2.39. The predicted octanol–water partition coefficient (Wildman–Crippen LogP) is 1.83. The second-order valence-corrected chi connectivity index (χ2v) is 6.86. The predicted molar refractivity (Wildman–Crippen MR) is 91.3 cm³/mol. The molecule has 1 N–H and O–H groups in total. The summed E-state index contributed by atoms with van der Waals surface area (Å²) in [6.45, 7) is 1.51. The van der Waals surface area contributed by atoms with Gasteiger partial charge < -0.3 is 19.5 Å². The maximum absolute atomic E-state index is 13.6. The molecule has 1 aromatic carbocycles. The molecule has 136 valence electrons. The molecule has 0 bridgehead atoms. The summed E-state index contributed by atoms with van der Waals surface area (Å²) in [7, 11) is 1.61. The van der Waals surface area contributed by atoms with Crippen LogP contribution in [0.1, 0.15) is 31.2 Å². The van der Waals surface area contributed by atoms with Crippen LogP contribution in [0.5, 0.6) is 0 Å². The minimum Gasteiger partial charge on any atom is -0.481 e. The fourth-order valence-electron chi connectivity index (χ4n) is 4.07. The lowest BCUT2D eigenvalue weighted by atomic mass is 9.73. The van der Waals surface area contributed by atoms with Crippen molar-refractivity contribution >= 4 is 11.9 Å². The van der Waals surface area contributed by atoms with Gasteiger partial charge in [0, 0.05) is 32.9 Å². The zero-order valence-electron chi connectivity index (χ0n) is 14.5. The number of aliphatic carboxylic acids is 1. The van der Waals surface area contributed by atoms with Crippen molar-refractivity contribution in [1.29, 1.82) is 0 Å². The number of hydrogen-bond donors (Lipinski definition) is 1. The first-order chi connectivity index (χ1) is 12.1. The van der Waals surface area contributed by atoms with E-state index in [9.17, 15) is 14.7 Å². The fraction of sp³-hybridized carbons (Fsp3) is 0.579. The number of nitrogens with zero attached hydrogens (tertiary/aromatic N) is 1. The van der Waals surface area contributed by atoms with Gasteiger partial charge in [-0.1, -0.05) is 30.3 Å². The van der Waals surface area contributed by atoms with Gasteiger partial charge >= 0.3 is 5.97 Å². The zero-order valence-corrected chi connectivity index (χ0v) is 14.5. The van der Waals surface area contributed by atoms with Crippen molar-refractivity contribution in [2.75, 3.05) is 26.9 Å². The van der Waals surface area contributed by atoms with E-state index in [4.69, 9.17) is 9.47 Å². The molecule has 0 spiro atoms. The molecular weight excluding hydrogens is 322 g/mol. The zero-order chi connectivity index (χ0) is 17.9. The number of carboxylic acids is 1. The Morgan fingerprint density at radius 1 is 1.28 bits per heavy atom. The Labute approximate surface area is 147 Å². The first-order valence-electron chi connectivity index (χ1n) is 8.76. The van der Waals surface area contributed by atoms with Crippen molar-refractivity contribution in [2.24, 2.45) is 0 Å². The molecule has 1 aromatic rings. The first kappa shape index (κ1) is 17.9. The van der Waals surface area contributed by atoms with Crippen LogP contribution in [-0.2, 0) is 24.5 Å². The first-order valence-corrected chi connectivity index (χ1v) is 8.76. The molecule has 0 radical (unpaired) electrons. The smallest absolute Gasteiger partial charge is 0.305 e. The van der Waals surface area contributed by atoms with E-state index in [1.54, 1.807) is 12.0 Å². The average molecular weight is 347 g/mol. The van der Waals surface area contributed by atoms with Gasteiger partial charge in [-0.3, -0.25) is 9.59 Å². The molecule has 3 rings (SSSR count). The lowest BCUT2D eigenvalue weighted by Crippen LogP contribution is -2.52. The van der Waals surface area contributed by atoms with Crippen LogP contribution in [-0.4, -0.2) is 60.9 Å². The number of likely N-dealkylation sites (tertiary alicyclic amines) is 1. The summed E-state index contributed by atoms with van der Waals surface area (Å²) < 4.78 is 10.9. The molecule has 0 saturated carbocycles. The molecule has 25 heavy (non-hydrogen) atoms. The Balaban J connectivity index is 1.92. The van der Waals surface area contributed by atoms with Crippen molar-refractivity contribution < 1.29 is 24.2 Å². The third-order valence-electron chi connectivity index (χ3n) is 5.46. The van der Waals surface area contributed by atoms with Crippen molar-refractivity contribution in [3.63, 3.8) is 0 Å². The molecule has 0 aliphatic carbocycles. The van der Waals surface area contributed by atoms with Crippen LogP contribution in [0.3, 0.4) is 0 Å². The van der Waals surface area contributed by atoms with Crippen LogP contribution in [0, 0.1) is 0 Å². The molecule has 2 fully saturated rings. The topological polar surface area (TPSA) is 76.1 Å². The van der Waals surface area contributed by atoms with Crippen LogP contribution >= 0.6 is 0 Å². The third-order valence-corrected chi connectivity index (χ3v) is 5.46. The molecule has 2 saturated heterocycles. The molecule has 6 heteroatoms. The lowest BCUT2D eigenvalue weighted by molar-refractivity contribution is -0.145. The van der Waals surface area contributed by atoms with E-state index < -0.39 is 11.4 Å². The molecule has 2 unspecified atom stereocenters. The van der Waals surface area contributed by atoms with Gasteiger partial charge in [0.05, 0.1) is 17.9 Å². The summed E-state index contributed by atoms with van der Waals surface area (Å²) >= 11 is 0. The molecule has 1 amide bonds. The number of methoxy groups -OCH3 is 1. The van der Waals surface area contributed by atoms with E-state index in [-0.39, 0.29) is 24.5 Å². The van der Waals surface area contributed by atoms with Crippen LogP contribution in [0.2, 0.25) is 0 Å². The summed E-state index contributed by atoms with van der Waals surface area (Å²) in [5.41, 5.74) is 0.344. The van der Waals surface area contributed by atoms with E-state index in [0.717, 1.165) is 5.56 Å². The Morgan fingerprint density at radius 2 is 1.96 bits per heavy atom. The van der Waals surface area contributed by atoms with Crippen LogP contribution in [0.4, 0.5) is 0 Å². The third kappa shape index (κ3) is 3.55. The number of carboxylic acid groups (broad SMARTS) is 1. The molecule has 2 heterocycles. The van der Waals surface area contributed by atoms with Gasteiger partial charge in [-0.25, -0.2) is 0 Å². The van der Waals surface area contributed by atoms with Gasteiger partial charge in [-0.15, -0.1) is 0 Å². The van der Waals surface area contributed by atoms with Gasteiger partial charge in [0.15, 0.2) is 0 Å². The summed E-state index contributed by atoms with van der Waals surface area (Å²) in [6.07, 6.45) is 1.64. The number of ether oxygens (including phenoxy) is 2. The molecule has 6 nitrogen and oxygen atoms in total. The summed E-state index contributed by atoms with van der Waals surface area (Å²) in [6, 6.07) is 9.47. The SMILES string of the molecule is COC1CC(CC(=O)O)N(C(=O)C2(c3ccccc3)CCOCC2)C1. The van der Waals surface area contributed by atoms with Gasteiger partial charge in [0.25, 0.3) is 0 Å². The normalized spacial score (nSPS) is 25.7. The van der Waals surface area contributed by atoms with Gasteiger partial charge in [0.1, 0.15) is 0 Å². The minimum absolute atomic E-state index is 0.00722. The average Bonchev–Trinajstić information content (AvgIpc) is 3.04. The van der Waals surface area contributed by atoms with Gasteiger partial charge in [0.2, 0.25) is 5.91 Å². The summed E-state index contributed by atoms with van der Waals surface area (Å²) in [5.74, 6) is -0.881. The monoisotopic (exact) mass is 347 g/mol. The fourth-order valence-corrected chi connectivity index (χ4v) is 4.07. The highest BCUT2D eigenvalue weighted by molar-refractivity contribution is 5.89. The Kier molecular flexibility index (Phi) is 5.39. The highest BCUT2D eigenvalue weighted by atomic mass is 16.5. The molecular formula is C19H25NO5. The number of carbonyl (C=O) groups is 2. The van der Waals surface area contributed by atoms with E-state index in [2.05, 4.69) is 0 Å². The van der Waals surface area contributed by atoms with Gasteiger partial charge in [-0.05, 0) is 24.8 Å². The number of carbonyl (C=O) groups excluding carboxylic acids is 1. The molecule has 2 atom stereocenters. The molecule has 0 aromatic heterocycles. The van der Waals surface area contributed by atoms with E-state index in [1.807, 2.05) is 30.3 Å². The summed E-state index contributed by atoms with van der Waals surface area (Å²) in [5, 5.41) is 9.23. The molecule has 2 aliphatic heterocycles. The summed E-state index contributed by atoms with van der Waals surface area (Å²) in [4.78, 5) is 26.6. The Bertz CT molecular complexity index is 612. The van der Waals surface area contributed by atoms with E-state index >= 15 is 0 Å². The largest absolute Gasteiger partial charge is 0.481 e. The highest BCUT2D eigenvalue weighted by Gasteiger charge is 2.48. The lowest BCUT2D eigenvalue weighted by Gasteiger charge is -2.40. The van der Waals surface area contributed by atoms with Crippen molar-refractivity contribution in [3.05, 3.63) is 35.9 Å². The quantitative estimate of drug-likeness (QED) is 0.879.